The van der Waals surface area contributed by atoms with Crippen molar-refractivity contribution in [2.75, 3.05) is 18.4 Å². The minimum Gasteiger partial charge on any atom is -0.382 e. The molecule has 0 aliphatic carbocycles. The zero-order valence-corrected chi connectivity index (χ0v) is 8.38. The highest BCUT2D eigenvalue weighted by Gasteiger charge is 2.03. The van der Waals surface area contributed by atoms with E-state index in [0.29, 0.717) is 0 Å². The Hall–Kier alpha value is -1.03. The first-order chi connectivity index (χ1) is 6.27. The van der Waals surface area contributed by atoms with Crippen LogP contribution >= 0.6 is 0 Å². The summed E-state index contributed by atoms with van der Waals surface area (Å²) in [5.41, 5.74) is 7.67. The number of nitrogens with zero attached hydrogens (tertiary/aromatic N) is 2. The van der Waals surface area contributed by atoms with Crippen molar-refractivity contribution in [1.29, 1.82) is 0 Å². The van der Waals surface area contributed by atoms with Crippen LogP contribution in [0.15, 0.2) is 6.20 Å². The van der Waals surface area contributed by atoms with Crippen molar-refractivity contribution in [3.8, 4) is 0 Å². The fraction of sp³-hybridized carbons (Fsp3) is 0.667. The van der Waals surface area contributed by atoms with Crippen LogP contribution in [0.3, 0.4) is 0 Å². The molecule has 13 heavy (non-hydrogen) atoms. The van der Waals surface area contributed by atoms with Crippen molar-refractivity contribution in [3.05, 3.63) is 11.9 Å². The van der Waals surface area contributed by atoms with Crippen LogP contribution in [0.2, 0.25) is 0 Å². The van der Waals surface area contributed by atoms with Gasteiger partial charge in [0.15, 0.2) is 0 Å². The maximum absolute atomic E-state index is 5.41. The van der Waals surface area contributed by atoms with Gasteiger partial charge >= 0.3 is 0 Å². The smallest absolute Gasteiger partial charge is 0.0853 e. The molecule has 0 spiro atoms. The van der Waals surface area contributed by atoms with Crippen molar-refractivity contribution in [1.82, 2.24) is 9.78 Å². The summed E-state index contributed by atoms with van der Waals surface area (Å²) < 4.78 is 1.84. The molecule has 0 atom stereocenters. The molecule has 4 nitrogen and oxygen atoms in total. The first kappa shape index (κ1) is 10.1. The second-order valence-corrected chi connectivity index (χ2v) is 3.09. The lowest BCUT2D eigenvalue weighted by molar-refractivity contribution is 0.746. The third-order valence-corrected chi connectivity index (χ3v) is 1.94. The average molecular weight is 182 g/mol. The normalized spacial score (nSPS) is 10.4. The molecule has 74 valence electrons. The number of nitrogens with one attached hydrogen (secondary N) is 1. The highest BCUT2D eigenvalue weighted by Crippen LogP contribution is 2.12. The Labute approximate surface area is 79.1 Å². The third kappa shape index (κ3) is 2.73. The molecular weight excluding hydrogens is 164 g/mol. The lowest BCUT2D eigenvalue weighted by Crippen LogP contribution is -2.08. The summed E-state index contributed by atoms with van der Waals surface area (Å²) in [6.07, 6.45) is 3.97. The molecule has 0 unspecified atom stereocenters. The second-order valence-electron chi connectivity index (χ2n) is 3.09. The lowest BCUT2D eigenvalue weighted by Gasteiger charge is -2.03. The molecule has 1 rings (SSSR count). The Morgan fingerprint density at radius 1 is 1.62 bits per heavy atom. The van der Waals surface area contributed by atoms with Gasteiger partial charge in [-0.05, 0) is 19.4 Å². The number of nitrogens with two attached hydrogens (primary N) is 1. The maximum atomic E-state index is 5.41. The second kappa shape index (κ2) is 4.87. The van der Waals surface area contributed by atoms with Crippen molar-refractivity contribution >= 4 is 5.69 Å². The van der Waals surface area contributed by atoms with E-state index < -0.39 is 0 Å². The van der Waals surface area contributed by atoms with Crippen molar-refractivity contribution in [2.24, 2.45) is 12.8 Å². The Kier molecular flexibility index (Phi) is 3.76. The van der Waals surface area contributed by atoms with E-state index in [2.05, 4.69) is 17.3 Å². The summed E-state index contributed by atoms with van der Waals surface area (Å²) in [4.78, 5) is 0. The van der Waals surface area contributed by atoms with E-state index >= 15 is 0 Å². The van der Waals surface area contributed by atoms with Gasteiger partial charge in [-0.3, -0.25) is 4.68 Å². The van der Waals surface area contributed by atoms with Crippen LogP contribution in [-0.2, 0) is 13.5 Å². The van der Waals surface area contributed by atoms with Crippen molar-refractivity contribution < 1.29 is 0 Å². The SMILES string of the molecule is CCc1nn(C)cc1NCCCN. The van der Waals surface area contributed by atoms with Crippen molar-refractivity contribution in [3.63, 3.8) is 0 Å². The van der Waals surface area contributed by atoms with E-state index in [1.807, 2.05) is 17.9 Å². The first-order valence-electron chi connectivity index (χ1n) is 4.74. The van der Waals surface area contributed by atoms with Gasteiger partial charge in [0.05, 0.1) is 11.4 Å². The van der Waals surface area contributed by atoms with Gasteiger partial charge in [-0.15, -0.1) is 0 Å². The van der Waals surface area contributed by atoms with Gasteiger partial charge in [0.2, 0.25) is 0 Å². The van der Waals surface area contributed by atoms with Gasteiger partial charge in [-0.25, -0.2) is 0 Å². The van der Waals surface area contributed by atoms with Crippen LogP contribution in [0.1, 0.15) is 19.0 Å². The Morgan fingerprint density at radius 2 is 2.38 bits per heavy atom. The number of hydrogen-bond donors (Lipinski definition) is 2. The molecule has 0 bridgehead atoms. The minimum absolute atomic E-state index is 0.731. The minimum atomic E-state index is 0.731. The molecule has 0 aliphatic rings. The summed E-state index contributed by atoms with van der Waals surface area (Å²) in [5, 5.41) is 7.65. The standard InChI is InChI=1S/C9H18N4/c1-3-8-9(7-13(2)12-8)11-6-4-5-10/h7,11H,3-6,10H2,1-2H3. The van der Waals surface area contributed by atoms with Crippen molar-refractivity contribution in [2.45, 2.75) is 19.8 Å². The zero-order valence-electron chi connectivity index (χ0n) is 8.38. The predicted octanol–water partition coefficient (Wildman–Crippen LogP) is 0.743. The lowest BCUT2D eigenvalue weighted by atomic mass is 10.3. The van der Waals surface area contributed by atoms with E-state index in [9.17, 15) is 0 Å². The molecule has 4 heteroatoms. The molecule has 0 aromatic carbocycles. The molecule has 0 amide bonds. The molecule has 3 N–H and O–H groups in total. The van der Waals surface area contributed by atoms with E-state index in [0.717, 1.165) is 37.3 Å². The van der Waals surface area contributed by atoms with E-state index in [4.69, 9.17) is 5.73 Å². The number of hydrogen-bond acceptors (Lipinski definition) is 3. The zero-order chi connectivity index (χ0) is 9.68. The monoisotopic (exact) mass is 182 g/mol. The van der Waals surface area contributed by atoms with Gasteiger partial charge in [0.1, 0.15) is 0 Å². The average Bonchev–Trinajstić information content (AvgIpc) is 2.47. The van der Waals surface area contributed by atoms with Crippen LogP contribution in [0.4, 0.5) is 5.69 Å². The molecule has 0 saturated heterocycles. The first-order valence-corrected chi connectivity index (χ1v) is 4.74. The molecule has 0 radical (unpaired) electrons. The largest absolute Gasteiger partial charge is 0.382 e. The Balaban J connectivity index is 2.53. The number of aromatic nitrogens is 2. The van der Waals surface area contributed by atoms with Gasteiger partial charge in [0, 0.05) is 19.8 Å². The molecular formula is C9H18N4. The van der Waals surface area contributed by atoms with Crippen LogP contribution in [0.5, 0.6) is 0 Å². The number of anilines is 1. The number of rotatable bonds is 5. The Bertz CT molecular complexity index is 254. The van der Waals surface area contributed by atoms with Gasteiger partial charge in [-0.2, -0.15) is 5.10 Å². The van der Waals surface area contributed by atoms with Crippen LogP contribution in [0.25, 0.3) is 0 Å². The Morgan fingerprint density at radius 3 is 3.00 bits per heavy atom. The molecule has 0 fully saturated rings. The fourth-order valence-electron chi connectivity index (χ4n) is 1.27. The molecule has 1 aromatic heterocycles. The van der Waals surface area contributed by atoms with Gasteiger partial charge < -0.3 is 11.1 Å². The maximum Gasteiger partial charge on any atom is 0.0853 e. The topological polar surface area (TPSA) is 55.9 Å². The fourth-order valence-corrected chi connectivity index (χ4v) is 1.27. The van der Waals surface area contributed by atoms with Crippen LogP contribution < -0.4 is 11.1 Å². The van der Waals surface area contributed by atoms with Crippen LogP contribution in [-0.4, -0.2) is 22.9 Å². The molecule has 0 aliphatic heterocycles. The van der Waals surface area contributed by atoms with Crippen LogP contribution in [0, 0.1) is 0 Å². The van der Waals surface area contributed by atoms with E-state index in [1.54, 1.807) is 0 Å². The summed E-state index contributed by atoms with van der Waals surface area (Å²) in [6, 6.07) is 0. The number of aryl methyl sites for hydroxylation is 2. The van der Waals surface area contributed by atoms with E-state index in [-0.39, 0.29) is 0 Å². The molecule has 1 heterocycles. The van der Waals surface area contributed by atoms with Gasteiger partial charge in [0.25, 0.3) is 0 Å². The third-order valence-electron chi connectivity index (χ3n) is 1.94. The predicted molar refractivity (Wildman–Crippen MR) is 54.7 cm³/mol. The van der Waals surface area contributed by atoms with E-state index in [1.165, 1.54) is 0 Å². The summed E-state index contributed by atoms with van der Waals surface area (Å²) in [7, 11) is 1.94. The summed E-state index contributed by atoms with van der Waals surface area (Å²) in [5.74, 6) is 0. The summed E-state index contributed by atoms with van der Waals surface area (Å²) in [6.45, 7) is 3.76. The highest BCUT2D eigenvalue weighted by atomic mass is 15.3. The molecule has 0 saturated carbocycles. The molecule has 1 aromatic rings. The quantitative estimate of drug-likeness (QED) is 0.660. The van der Waals surface area contributed by atoms with Gasteiger partial charge in [-0.1, -0.05) is 6.92 Å². The highest BCUT2D eigenvalue weighted by molar-refractivity contribution is 5.46. The summed E-state index contributed by atoms with van der Waals surface area (Å²) >= 11 is 0.